The number of anilines is 2. The Morgan fingerprint density at radius 2 is 2.11 bits per heavy atom. The van der Waals surface area contributed by atoms with Crippen molar-refractivity contribution in [1.82, 2.24) is 9.78 Å². The molecule has 1 fully saturated rings. The molecule has 1 saturated heterocycles. The maximum absolute atomic E-state index is 9.23. The van der Waals surface area contributed by atoms with Crippen LogP contribution in [0.4, 0.5) is 11.6 Å². The lowest BCUT2D eigenvalue weighted by atomic mass is 10.1. The Morgan fingerprint density at radius 3 is 2.67 bits per heavy atom. The fourth-order valence-electron chi connectivity index (χ4n) is 2.28. The van der Waals surface area contributed by atoms with Crippen LogP contribution in [0.15, 0.2) is 0 Å². The van der Waals surface area contributed by atoms with E-state index in [1.807, 2.05) is 0 Å². The Balaban J connectivity index is 2.27. The molecule has 0 spiro atoms. The molecule has 2 rings (SSSR count). The summed E-state index contributed by atoms with van der Waals surface area (Å²) in [5.74, 6) is 1.19. The number of aryl methyl sites for hydroxylation is 1. The van der Waals surface area contributed by atoms with E-state index in [0.29, 0.717) is 11.4 Å². The fourth-order valence-corrected chi connectivity index (χ4v) is 2.28. The molecule has 0 aromatic carbocycles. The Bertz CT molecular complexity index is 450. The minimum atomic E-state index is 0.266. The minimum Gasteiger partial charge on any atom is -0.383 e. The van der Waals surface area contributed by atoms with Gasteiger partial charge in [0.05, 0.1) is 0 Å². The third kappa shape index (κ3) is 2.27. The zero-order valence-electron chi connectivity index (χ0n) is 10.8. The molecule has 2 heterocycles. The number of nitriles is 1. The van der Waals surface area contributed by atoms with Crippen molar-refractivity contribution >= 4 is 11.6 Å². The second-order valence-electron chi connectivity index (χ2n) is 4.74. The number of nitrogens with zero attached hydrogens (tertiary/aromatic N) is 4. The van der Waals surface area contributed by atoms with Crippen LogP contribution < -0.4 is 16.4 Å². The fraction of sp³-hybridized carbons (Fsp3) is 0.667. The van der Waals surface area contributed by atoms with Gasteiger partial charge in [-0.3, -0.25) is 0 Å². The van der Waals surface area contributed by atoms with Crippen LogP contribution >= 0.6 is 0 Å². The third-order valence-corrected chi connectivity index (χ3v) is 3.36. The van der Waals surface area contributed by atoms with Crippen LogP contribution in [-0.4, -0.2) is 28.9 Å². The van der Waals surface area contributed by atoms with Crippen LogP contribution in [0.3, 0.4) is 0 Å². The van der Waals surface area contributed by atoms with Gasteiger partial charge in [-0.25, -0.2) is 4.68 Å². The molecule has 0 aliphatic carbocycles. The van der Waals surface area contributed by atoms with Gasteiger partial charge < -0.3 is 16.4 Å². The highest BCUT2D eigenvalue weighted by Gasteiger charge is 2.24. The lowest BCUT2D eigenvalue weighted by Crippen LogP contribution is -2.40. The lowest BCUT2D eigenvalue weighted by Gasteiger charge is -2.30. The zero-order valence-corrected chi connectivity index (χ0v) is 10.8. The summed E-state index contributed by atoms with van der Waals surface area (Å²) in [6.07, 6.45) is 2.82. The average Bonchev–Trinajstić information content (AvgIpc) is 2.68. The van der Waals surface area contributed by atoms with Gasteiger partial charge in [-0.15, -0.1) is 0 Å². The average molecular weight is 248 g/mol. The number of nitrogens with two attached hydrogens (primary N) is 2. The molecule has 0 amide bonds. The zero-order chi connectivity index (χ0) is 13.1. The van der Waals surface area contributed by atoms with E-state index < -0.39 is 0 Å². The Labute approximate surface area is 107 Å². The van der Waals surface area contributed by atoms with E-state index in [0.717, 1.165) is 44.7 Å². The summed E-state index contributed by atoms with van der Waals surface area (Å²) >= 11 is 0. The summed E-state index contributed by atoms with van der Waals surface area (Å²) in [5, 5.41) is 13.7. The smallest absolute Gasteiger partial charge is 0.170 e. The third-order valence-electron chi connectivity index (χ3n) is 3.36. The molecule has 0 unspecified atom stereocenters. The van der Waals surface area contributed by atoms with Crippen LogP contribution in [0.25, 0.3) is 0 Å². The first-order chi connectivity index (χ1) is 8.67. The van der Waals surface area contributed by atoms with Gasteiger partial charge in [0.2, 0.25) is 0 Å². The van der Waals surface area contributed by atoms with Crippen molar-refractivity contribution in [3.8, 4) is 6.07 Å². The first kappa shape index (κ1) is 12.7. The van der Waals surface area contributed by atoms with Crippen molar-refractivity contribution in [2.24, 2.45) is 5.73 Å². The maximum atomic E-state index is 9.23. The van der Waals surface area contributed by atoms with Crippen molar-refractivity contribution in [1.29, 1.82) is 5.26 Å². The first-order valence-corrected chi connectivity index (χ1v) is 6.44. The molecule has 0 radical (unpaired) electrons. The molecule has 98 valence electrons. The predicted octanol–water partition coefficient (Wildman–Crippen LogP) is 0.674. The number of rotatable bonds is 3. The van der Waals surface area contributed by atoms with Crippen molar-refractivity contribution in [3.05, 3.63) is 5.56 Å². The summed E-state index contributed by atoms with van der Waals surface area (Å²) in [6, 6.07) is 2.44. The molecule has 0 atom stereocenters. The maximum Gasteiger partial charge on any atom is 0.170 e. The monoisotopic (exact) mass is 248 g/mol. The van der Waals surface area contributed by atoms with E-state index in [1.165, 1.54) is 0 Å². The molecule has 0 bridgehead atoms. The largest absolute Gasteiger partial charge is 0.383 e. The Morgan fingerprint density at radius 1 is 1.44 bits per heavy atom. The molecular weight excluding hydrogens is 228 g/mol. The lowest BCUT2D eigenvalue weighted by molar-refractivity contribution is 0.495. The molecule has 6 nitrogen and oxygen atoms in total. The van der Waals surface area contributed by atoms with Crippen molar-refractivity contribution in [2.75, 3.05) is 23.7 Å². The van der Waals surface area contributed by atoms with Crippen LogP contribution in [0, 0.1) is 11.3 Å². The summed E-state index contributed by atoms with van der Waals surface area (Å²) < 4.78 is 1.72. The number of nitrogen functional groups attached to an aromatic ring is 1. The van der Waals surface area contributed by atoms with Crippen LogP contribution in [0.5, 0.6) is 0 Å². The molecule has 6 heteroatoms. The molecule has 1 aromatic rings. The number of aromatic nitrogens is 2. The van der Waals surface area contributed by atoms with Crippen LogP contribution in [0.1, 0.15) is 31.7 Å². The molecule has 0 saturated carbocycles. The topological polar surface area (TPSA) is 96.9 Å². The van der Waals surface area contributed by atoms with Gasteiger partial charge >= 0.3 is 0 Å². The SMILES string of the molecule is CCCn1nc(N2CCC(N)CC2)c(C#N)c1N. The second-order valence-corrected chi connectivity index (χ2v) is 4.74. The predicted molar refractivity (Wildman–Crippen MR) is 71.1 cm³/mol. The highest BCUT2D eigenvalue weighted by molar-refractivity contribution is 5.65. The van der Waals surface area contributed by atoms with E-state index in [9.17, 15) is 5.26 Å². The number of piperidine rings is 1. The van der Waals surface area contributed by atoms with Gasteiger partial charge in [0, 0.05) is 25.7 Å². The van der Waals surface area contributed by atoms with E-state index >= 15 is 0 Å². The molecular formula is C12H20N6. The molecule has 1 aromatic heterocycles. The van der Waals surface area contributed by atoms with Crippen molar-refractivity contribution < 1.29 is 0 Å². The van der Waals surface area contributed by atoms with Gasteiger partial charge in [-0.05, 0) is 19.3 Å². The molecule has 18 heavy (non-hydrogen) atoms. The second kappa shape index (κ2) is 5.27. The molecule has 1 aliphatic rings. The Kier molecular flexibility index (Phi) is 3.72. The summed E-state index contributed by atoms with van der Waals surface area (Å²) in [7, 11) is 0. The number of hydrogen-bond donors (Lipinski definition) is 2. The van der Waals surface area contributed by atoms with Gasteiger partial charge in [-0.1, -0.05) is 6.92 Å². The standard InChI is InChI=1S/C12H20N6/c1-2-5-18-11(15)10(8-13)12(16-18)17-6-3-9(14)4-7-17/h9H,2-7,14-15H2,1H3. The van der Waals surface area contributed by atoms with Gasteiger partial charge in [-0.2, -0.15) is 10.4 Å². The Hall–Kier alpha value is -1.74. The van der Waals surface area contributed by atoms with E-state index in [2.05, 4.69) is 23.0 Å². The van der Waals surface area contributed by atoms with Crippen molar-refractivity contribution in [2.45, 2.75) is 38.8 Å². The quantitative estimate of drug-likeness (QED) is 0.819. The van der Waals surface area contributed by atoms with E-state index in [4.69, 9.17) is 11.5 Å². The minimum absolute atomic E-state index is 0.266. The summed E-state index contributed by atoms with van der Waals surface area (Å²) in [6.45, 7) is 4.50. The van der Waals surface area contributed by atoms with Gasteiger partial charge in [0.15, 0.2) is 5.82 Å². The molecule has 1 aliphatic heterocycles. The van der Waals surface area contributed by atoms with E-state index in [-0.39, 0.29) is 6.04 Å². The van der Waals surface area contributed by atoms with Gasteiger partial charge in [0.1, 0.15) is 17.5 Å². The van der Waals surface area contributed by atoms with Crippen LogP contribution in [0.2, 0.25) is 0 Å². The summed E-state index contributed by atoms with van der Waals surface area (Å²) in [4.78, 5) is 2.12. The highest BCUT2D eigenvalue weighted by atomic mass is 15.4. The number of hydrogen-bond acceptors (Lipinski definition) is 5. The van der Waals surface area contributed by atoms with Gasteiger partial charge in [0.25, 0.3) is 0 Å². The van der Waals surface area contributed by atoms with Crippen molar-refractivity contribution in [3.63, 3.8) is 0 Å². The highest BCUT2D eigenvalue weighted by Crippen LogP contribution is 2.26. The summed E-state index contributed by atoms with van der Waals surface area (Å²) in [5.41, 5.74) is 12.3. The van der Waals surface area contributed by atoms with E-state index in [1.54, 1.807) is 4.68 Å². The van der Waals surface area contributed by atoms with Crippen LogP contribution in [-0.2, 0) is 6.54 Å². The normalized spacial score (nSPS) is 16.8. The molecule has 4 N–H and O–H groups in total. The first-order valence-electron chi connectivity index (χ1n) is 6.44.